The maximum Gasteiger partial charge on any atom is 0.318 e. The number of rotatable bonds is 6. The Labute approximate surface area is 208 Å². The summed E-state index contributed by atoms with van der Waals surface area (Å²) >= 11 is 0. The number of carbonyl (C=O) groups excluding carboxylic acids is 1. The topological polar surface area (TPSA) is 67.2 Å². The molecule has 3 aromatic rings. The fraction of sp³-hybridized carbons (Fsp3) is 0.483. The number of hydrogen-bond acceptors (Lipinski definition) is 3. The minimum Gasteiger partial charge on any atom is -0.335 e. The molecule has 2 aromatic carbocycles. The largest absolute Gasteiger partial charge is 0.335 e. The number of aryl methyl sites for hydroxylation is 2. The van der Waals surface area contributed by atoms with Crippen LogP contribution in [0.5, 0.6) is 0 Å². The quantitative estimate of drug-likeness (QED) is 0.472. The van der Waals surface area contributed by atoms with Crippen molar-refractivity contribution in [1.29, 1.82) is 0 Å². The number of aromatic nitrogens is 2. The summed E-state index contributed by atoms with van der Waals surface area (Å²) in [6.45, 7) is 10.8. The van der Waals surface area contributed by atoms with E-state index in [1.165, 1.54) is 6.42 Å². The van der Waals surface area contributed by atoms with Gasteiger partial charge in [-0.25, -0.2) is 9.78 Å². The molecule has 1 aliphatic rings. The van der Waals surface area contributed by atoms with Crippen LogP contribution in [-0.2, 0) is 0 Å². The highest BCUT2D eigenvalue weighted by atomic mass is 16.2. The van der Waals surface area contributed by atoms with Gasteiger partial charge in [0.25, 0.3) is 5.56 Å². The zero-order valence-corrected chi connectivity index (χ0v) is 21.7. The third-order valence-corrected chi connectivity index (χ3v) is 7.00. The molecule has 1 aliphatic carbocycles. The third kappa shape index (κ3) is 5.42. The molecule has 0 saturated heterocycles. The van der Waals surface area contributed by atoms with Crippen LogP contribution in [0.1, 0.15) is 75.9 Å². The summed E-state index contributed by atoms with van der Waals surface area (Å²) < 4.78 is 1.72. The van der Waals surface area contributed by atoms with Crippen LogP contribution < -0.4 is 10.9 Å². The van der Waals surface area contributed by atoms with Gasteiger partial charge in [0, 0.05) is 12.6 Å². The summed E-state index contributed by atoms with van der Waals surface area (Å²) in [4.78, 5) is 34.3. The lowest BCUT2D eigenvalue weighted by molar-refractivity contribution is 0.160. The second-order valence-corrected chi connectivity index (χ2v) is 10.4. The van der Waals surface area contributed by atoms with Gasteiger partial charge in [-0.3, -0.25) is 9.36 Å². The molecule has 6 nitrogen and oxygen atoms in total. The van der Waals surface area contributed by atoms with E-state index in [1.807, 2.05) is 68.1 Å². The molecule has 1 N–H and O–H groups in total. The molecule has 1 aromatic heterocycles. The highest BCUT2D eigenvalue weighted by molar-refractivity contribution is 5.78. The predicted octanol–water partition coefficient (Wildman–Crippen LogP) is 6.06. The van der Waals surface area contributed by atoms with E-state index in [1.54, 1.807) is 4.57 Å². The Kier molecular flexibility index (Phi) is 7.58. The fourth-order valence-corrected chi connectivity index (χ4v) is 5.08. The Morgan fingerprint density at radius 1 is 1.09 bits per heavy atom. The lowest BCUT2D eigenvalue weighted by Gasteiger charge is -2.34. The molecule has 2 amide bonds. The van der Waals surface area contributed by atoms with Crippen molar-refractivity contribution < 1.29 is 4.79 Å². The van der Waals surface area contributed by atoms with Gasteiger partial charge in [-0.2, -0.15) is 0 Å². The first kappa shape index (κ1) is 25.0. The Bertz CT molecular complexity index is 1260. The number of carbonyl (C=O) groups is 1. The van der Waals surface area contributed by atoms with E-state index < -0.39 is 6.04 Å². The first-order valence-corrected chi connectivity index (χ1v) is 12.9. The van der Waals surface area contributed by atoms with Crippen molar-refractivity contribution >= 4 is 16.9 Å². The van der Waals surface area contributed by atoms with Crippen molar-refractivity contribution in [3.05, 3.63) is 69.8 Å². The van der Waals surface area contributed by atoms with Crippen molar-refractivity contribution in [2.24, 2.45) is 5.92 Å². The predicted molar refractivity (Wildman–Crippen MR) is 142 cm³/mol. The molecular formula is C29H38N4O2. The number of nitrogens with zero attached hydrogens (tertiary/aromatic N) is 3. The second kappa shape index (κ2) is 10.6. The number of nitrogens with one attached hydrogen (secondary N) is 1. The number of hydrogen-bond donors (Lipinski definition) is 1. The SMILES string of the molecule is Cc1ccc(C)c(-n2c(C(C)N(CC(C)C)C(=O)NC3CCCCC3)nc3ccccc3c2=O)c1. The average molecular weight is 475 g/mol. The van der Waals surface area contributed by atoms with Gasteiger partial charge >= 0.3 is 6.03 Å². The van der Waals surface area contributed by atoms with Crippen LogP contribution in [0.2, 0.25) is 0 Å². The normalized spacial score (nSPS) is 15.4. The van der Waals surface area contributed by atoms with Gasteiger partial charge in [0.05, 0.1) is 22.6 Å². The first-order valence-electron chi connectivity index (χ1n) is 12.9. The summed E-state index contributed by atoms with van der Waals surface area (Å²) in [5.74, 6) is 0.859. The maximum atomic E-state index is 13.9. The number of urea groups is 1. The van der Waals surface area contributed by atoms with Gasteiger partial charge in [-0.05, 0) is 68.9 Å². The van der Waals surface area contributed by atoms with Gasteiger partial charge in [0.1, 0.15) is 5.82 Å². The molecular weight excluding hydrogens is 436 g/mol. The minimum absolute atomic E-state index is 0.0759. The molecule has 1 fully saturated rings. The Morgan fingerprint density at radius 2 is 1.80 bits per heavy atom. The van der Waals surface area contributed by atoms with Crippen molar-refractivity contribution in [2.45, 2.75) is 78.8 Å². The number of amides is 2. The summed E-state index contributed by atoms with van der Waals surface area (Å²) in [6.07, 6.45) is 5.60. The maximum absolute atomic E-state index is 13.9. The Balaban J connectivity index is 1.84. The van der Waals surface area contributed by atoms with Crippen LogP contribution in [0, 0.1) is 19.8 Å². The summed E-state index contributed by atoms with van der Waals surface area (Å²) in [6, 6.07) is 13.3. The molecule has 1 atom stereocenters. The monoisotopic (exact) mass is 474 g/mol. The van der Waals surface area contributed by atoms with Gasteiger partial charge in [0.2, 0.25) is 0 Å². The molecule has 1 unspecified atom stereocenters. The van der Waals surface area contributed by atoms with Gasteiger partial charge < -0.3 is 10.2 Å². The summed E-state index contributed by atoms with van der Waals surface area (Å²) in [5.41, 5.74) is 3.41. The Morgan fingerprint density at radius 3 is 2.51 bits per heavy atom. The van der Waals surface area contributed by atoms with Crippen LogP contribution in [0.3, 0.4) is 0 Å². The van der Waals surface area contributed by atoms with E-state index in [9.17, 15) is 9.59 Å². The van der Waals surface area contributed by atoms with Crippen LogP contribution in [0.4, 0.5) is 4.79 Å². The summed E-state index contributed by atoms with van der Waals surface area (Å²) in [5, 5.41) is 3.85. The van der Waals surface area contributed by atoms with E-state index >= 15 is 0 Å². The molecule has 1 heterocycles. The van der Waals surface area contributed by atoms with Crippen molar-refractivity contribution in [3.63, 3.8) is 0 Å². The fourth-order valence-electron chi connectivity index (χ4n) is 5.08. The zero-order valence-electron chi connectivity index (χ0n) is 21.7. The minimum atomic E-state index is -0.391. The van der Waals surface area contributed by atoms with E-state index in [0.29, 0.717) is 23.3 Å². The molecule has 4 rings (SSSR count). The van der Waals surface area contributed by atoms with E-state index in [2.05, 4.69) is 19.2 Å². The van der Waals surface area contributed by atoms with Crippen molar-refractivity contribution in [1.82, 2.24) is 19.8 Å². The standard InChI is InChI=1S/C29H38N4O2/c1-19(2)18-32(29(35)30-23-11-7-6-8-12-23)22(5)27-31-25-14-10-9-13-24(25)28(34)33(27)26-17-20(3)15-16-21(26)4/h9-10,13-17,19,22-23H,6-8,11-12,18H2,1-5H3,(H,30,35). The third-order valence-electron chi connectivity index (χ3n) is 7.00. The molecule has 6 heteroatoms. The average Bonchev–Trinajstić information content (AvgIpc) is 2.84. The molecule has 186 valence electrons. The van der Waals surface area contributed by atoms with Crippen molar-refractivity contribution in [3.8, 4) is 5.69 Å². The van der Waals surface area contributed by atoms with Gasteiger partial charge in [-0.15, -0.1) is 0 Å². The highest BCUT2D eigenvalue weighted by Crippen LogP contribution is 2.26. The summed E-state index contributed by atoms with van der Waals surface area (Å²) in [7, 11) is 0. The lowest BCUT2D eigenvalue weighted by Crippen LogP contribution is -2.48. The van der Waals surface area contributed by atoms with Crippen LogP contribution in [0.25, 0.3) is 16.6 Å². The highest BCUT2D eigenvalue weighted by Gasteiger charge is 2.29. The number of para-hydroxylation sites is 1. The van der Waals surface area contributed by atoms with E-state index in [4.69, 9.17) is 4.98 Å². The van der Waals surface area contributed by atoms with Crippen LogP contribution in [-0.4, -0.2) is 33.1 Å². The van der Waals surface area contributed by atoms with E-state index in [-0.39, 0.29) is 23.6 Å². The molecule has 1 saturated carbocycles. The zero-order chi connectivity index (χ0) is 25.1. The van der Waals surface area contributed by atoms with Crippen molar-refractivity contribution in [2.75, 3.05) is 6.54 Å². The number of benzene rings is 2. The molecule has 0 bridgehead atoms. The van der Waals surface area contributed by atoms with Gasteiger partial charge in [0.15, 0.2) is 0 Å². The van der Waals surface area contributed by atoms with Crippen LogP contribution >= 0.6 is 0 Å². The van der Waals surface area contributed by atoms with Crippen LogP contribution in [0.15, 0.2) is 47.3 Å². The molecule has 35 heavy (non-hydrogen) atoms. The Hall–Kier alpha value is -3.15. The number of fused-ring (bicyclic) bond motifs is 1. The molecule has 0 aliphatic heterocycles. The molecule has 0 spiro atoms. The smallest absolute Gasteiger partial charge is 0.318 e. The second-order valence-electron chi connectivity index (χ2n) is 10.4. The van der Waals surface area contributed by atoms with E-state index in [0.717, 1.165) is 42.5 Å². The van der Waals surface area contributed by atoms with Gasteiger partial charge in [-0.1, -0.05) is 57.4 Å². The first-order chi connectivity index (χ1) is 16.8. The lowest BCUT2D eigenvalue weighted by atomic mass is 9.96. The molecule has 0 radical (unpaired) electrons.